The molecule has 1 unspecified atom stereocenters. The molecule has 4 heteroatoms. The second kappa shape index (κ2) is 9.03. The Kier molecular flexibility index (Phi) is 7.00. The fraction of sp³-hybridized carbons (Fsp3) is 0.647. The predicted molar refractivity (Wildman–Crippen MR) is 83.8 cm³/mol. The number of hydrogen-bond donors (Lipinski definition) is 2. The van der Waals surface area contributed by atoms with Gasteiger partial charge < -0.3 is 19.9 Å². The minimum Gasteiger partial charge on any atom is -0.496 e. The van der Waals surface area contributed by atoms with E-state index < -0.39 is 6.10 Å². The third-order valence-electron chi connectivity index (χ3n) is 3.97. The maximum Gasteiger partial charge on any atom is 0.122 e. The molecular weight excluding hydrogens is 266 g/mol. The zero-order valence-electron chi connectivity index (χ0n) is 12.9. The van der Waals surface area contributed by atoms with E-state index in [0.717, 1.165) is 31.6 Å². The van der Waals surface area contributed by atoms with E-state index in [-0.39, 0.29) is 0 Å². The fourth-order valence-electron chi connectivity index (χ4n) is 2.76. The fourth-order valence-corrected chi connectivity index (χ4v) is 2.76. The summed E-state index contributed by atoms with van der Waals surface area (Å²) in [5, 5.41) is 13.2. The zero-order chi connectivity index (χ0) is 14.9. The van der Waals surface area contributed by atoms with Gasteiger partial charge in [0.05, 0.1) is 25.9 Å². The van der Waals surface area contributed by atoms with Crippen LogP contribution < -0.4 is 10.1 Å². The van der Waals surface area contributed by atoms with Crippen molar-refractivity contribution in [2.24, 2.45) is 0 Å². The summed E-state index contributed by atoms with van der Waals surface area (Å²) in [5.41, 5.74) is 1.18. The quantitative estimate of drug-likeness (QED) is 0.685. The highest BCUT2D eigenvalue weighted by atomic mass is 16.5. The van der Waals surface area contributed by atoms with Gasteiger partial charge >= 0.3 is 0 Å². The van der Waals surface area contributed by atoms with E-state index in [1.54, 1.807) is 7.11 Å². The highest BCUT2D eigenvalue weighted by Gasteiger charge is 2.16. The van der Waals surface area contributed by atoms with Gasteiger partial charge in [0, 0.05) is 6.54 Å². The molecule has 1 aliphatic rings. The molecule has 4 nitrogen and oxygen atoms in total. The van der Waals surface area contributed by atoms with Crippen molar-refractivity contribution >= 4 is 0 Å². The molecule has 1 aromatic carbocycles. The summed E-state index contributed by atoms with van der Waals surface area (Å²) in [6.07, 6.45) is 5.65. The van der Waals surface area contributed by atoms with Gasteiger partial charge in [-0.1, -0.05) is 31.0 Å². The van der Waals surface area contributed by atoms with Gasteiger partial charge in [0.15, 0.2) is 0 Å². The van der Waals surface area contributed by atoms with Crippen molar-refractivity contribution < 1.29 is 14.6 Å². The monoisotopic (exact) mass is 293 g/mol. The number of methoxy groups -OCH3 is 1. The maximum atomic E-state index is 9.90. The van der Waals surface area contributed by atoms with E-state index >= 15 is 0 Å². The first-order valence-electron chi connectivity index (χ1n) is 7.92. The van der Waals surface area contributed by atoms with Crippen LogP contribution in [-0.4, -0.2) is 44.1 Å². The molecule has 0 saturated heterocycles. The highest BCUT2D eigenvalue weighted by Crippen LogP contribution is 2.21. The molecule has 1 aromatic rings. The van der Waals surface area contributed by atoms with Crippen LogP contribution in [0.2, 0.25) is 0 Å². The molecule has 1 fully saturated rings. The van der Waals surface area contributed by atoms with Gasteiger partial charge in [-0.2, -0.15) is 0 Å². The second-order valence-electron chi connectivity index (χ2n) is 5.66. The Morgan fingerprint density at radius 2 is 2.05 bits per heavy atom. The van der Waals surface area contributed by atoms with Crippen LogP contribution in [0.25, 0.3) is 0 Å². The number of ether oxygens (including phenoxy) is 2. The Hall–Kier alpha value is -1.10. The van der Waals surface area contributed by atoms with Crippen molar-refractivity contribution in [1.82, 2.24) is 5.32 Å². The summed E-state index contributed by atoms with van der Waals surface area (Å²) in [5.74, 6) is 0.921. The molecule has 0 heterocycles. The third kappa shape index (κ3) is 5.65. The normalized spacial score (nSPS) is 17.0. The Morgan fingerprint density at radius 3 is 2.81 bits per heavy atom. The standard InChI is InChI=1S/C17H27NO3/c1-20-17-9-5-2-6-14(17)10-11-18-12-15(19)13-21-16-7-3-4-8-16/h2,5-6,9,15-16,18-19H,3-4,7-8,10-13H2,1H3. The van der Waals surface area contributed by atoms with Crippen molar-refractivity contribution in [2.45, 2.75) is 44.3 Å². The molecule has 0 aromatic heterocycles. The molecule has 2 rings (SSSR count). The lowest BCUT2D eigenvalue weighted by Gasteiger charge is -2.16. The van der Waals surface area contributed by atoms with Crippen LogP contribution in [0, 0.1) is 0 Å². The first kappa shape index (κ1) is 16.3. The molecular formula is C17H27NO3. The van der Waals surface area contributed by atoms with E-state index in [1.807, 2.05) is 18.2 Å². The molecule has 1 aliphatic carbocycles. The van der Waals surface area contributed by atoms with Gasteiger partial charge in [0.1, 0.15) is 5.75 Å². The summed E-state index contributed by atoms with van der Waals surface area (Å²) in [6.45, 7) is 1.83. The topological polar surface area (TPSA) is 50.7 Å². The summed E-state index contributed by atoms with van der Waals surface area (Å²) in [7, 11) is 1.69. The van der Waals surface area contributed by atoms with Crippen LogP contribution in [0.1, 0.15) is 31.2 Å². The average molecular weight is 293 g/mol. The van der Waals surface area contributed by atoms with Crippen LogP contribution in [0.3, 0.4) is 0 Å². The van der Waals surface area contributed by atoms with Crippen molar-refractivity contribution in [2.75, 3.05) is 26.8 Å². The summed E-state index contributed by atoms with van der Waals surface area (Å²) < 4.78 is 11.0. The molecule has 0 aliphatic heterocycles. The zero-order valence-corrected chi connectivity index (χ0v) is 12.9. The van der Waals surface area contributed by atoms with Crippen LogP contribution in [-0.2, 0) is 11.2 Å². The number of para-hydroxylation sites is 1. The minimum atomic E-state index is -0.428. The molecule has 118 valence electrons. The van der Waals surface area contributed by atoms with Gasteiger partial charge in [-0.3, -0.25) is 0 Å². The molecule has 0 spiro atoms. The van der Waals surface area contributed by atoms with Gasteiger partial charge in [0.2, 0.25) is 0 Å². The molecule has 0 bridgehead atoms. The molecule has 0 radical (unpaired) electrons. The molecule has 1 saturated carbocycles. The first-order valence-corrected chi connectivity index (χ1v) is 7.92. The summed E-state index contributed by atoms with van der Waals surface area (Å²) in [4.78, 5) is 0. The second-order valence-corrected chi connectivity index (χ2v) is 5.66. The molecule has 2 N–H and O–H groups in total. The van der Waals surface area contributed by atoms with E-state index in [1.165, 1.54) is 18.4 Å². The number of aliphatic hydroxyl groups is 1. The van der Waals surface area contributed by atoms with Gasteiger partial charge in [0.25, 0.3) is 0 Å². The van der Waals surface area contributed by atoms with E-state index in [9.17, 15) is 5.11 Å². The van der Waals surface area contributed by atoms with Crippen molar-refractivity contribution in [1.29, 1.82) is 0 Å². The highest BCUT2D eigenvalue weighted by molar-refractivity contribution is 5.33. The van der Waals surface area contributed by atoms with Crippen LogP contribution in [0.5, 0.6) is 5.75 Å². The largest absolute Gasteiger partial charge is 0.496 e. The van der Waals surface area contributed by atoms with Gasteiger partial charge in [-0.15, -0.1) is 0 Å². The molecule has 21 heavy (non-hydrogen) atoms. The predicted octanol–water partition coefficient (Wildman–Crippen LogP) is 2.15. The minimum absolute atomic E-state index is 0.369. The Balaban J connectivity index is 1.58. The van der Waals surface area contributed by atoms with Crippen molar-refractivity contribution in [3.63, 3.8) is 0 Å². The number of nitrogens with one attached hydrogen (secondary N) is 1. The van der Waals surface area contributed by atoms with E-state index in [4.69, 9.17) is 9.47 Å². The Morgan fingerprint density at radius 1 is 1.29 bits per heavy atom. The smallest absolute Gasteiger partial charge is 0.122 e. The number of hydrogen-bond acceptors (Lipinski definition) is 4. The maximum absolute atomic E-state index is 9.90. The van der Waals surface area contributed by atoms with Crippen LogP contribution in [0.15, 0.2) is 24.3 Å². The Bertz CT molecular complexity index is 405. The molecule has 1 atom stereocenters. The lowest BCUT2D eigenvalue weighted by atomic mass is 10.1. The lowest BCUT2D eigenvalue weighted by molar-refractivity contribution is -0.00530. The van der Waals surface area contributed by atoms with Crippen LogP contribution >= 0.6 is 0 Å². The first-order chi connectivity index (χ1) is 10.3. The number of benzene rings is 1. The van der Waals surface area contributed by atoms with Crippen molar-refractivity contribution in [3.05, 3.63) is 29.8 Å². The van der Waals surface area contributed by atoms with E-state index in [2.05, 4.69) is 11.4 Å². The summed E-state index contributed by atoms with van der Waals surface area (Å²) >= 11 is 0. The number of rotatable bonds is 9. The van der Waals surface area contributed by atoms with Crippen molar-refractivity contribution in [3.8, 4) is 5.75 Å². The number of aliphatic hydroxyl groups excluding tert-OH is 1. The summed E-state index contributed by atoms with van der Waals surface area (Å²) in [6, 6.07) is 8.03. The lowest BCUT2D eigenvalue weighted by Crippen LogP contribution is -2.32. The Labute approximate surface area is 127 Å². The van der Waals surface area contributed by atoms with Gasteiger partial charge in [-0.05, 0) is 37.4 Å². The third-order valence-corrected chi connectivity index (χ3v) is 3.97. The van der Waals surface area contributed by atoms with Crippen LogP contribution in [0.4, 0.5) is 0 Å². The SMILES string of the molecule is COc1ccccc1CCNCC(O)COC1CCCC1. The molecule has 0 amide bonds. The van der Waals surface area contributed by atoms with Gasteiger partial charge in [-0.25, -0.2) is 0 Å². The average Bonchev–Trinajstić information content (AvgIpc) is 3.03. The van der Waals surface area contributed by atoms with E-state index in [0.29, 0.717) is 19.3 Å².